The van der Waals surface area contributed by atoms with Crippen molar-refractivity contribution in [2.75, 3.05) is 26.1 Å². The number of imidazole rings is 1. The van der Waals surface area contributed by atoms with Crippen LogP contribution in [-0.2, 0) is 16.5 Å². The van der Waals surface area contributed by atoms with Gasteiger partial charge in [0, 0.05) is 47.4 Å². The lowest BCUT2D eigenvalue weighted by atomic mass is 9.49. The Bertz CT molecular complexity index is 2120. The van der Waals surface area contributed by atoms with Crippen LogP contribution in [0.1, 0.15) is 36.0 Å². The van der Waals surface area contributed by atoms with Gasteiger partial charge in [-0.1, -0.05) is 17.4 Å². The Hall–Kier alpha value is -4.71. The van der Waals surface area contributed by atoms with E-state index in [2.05, 4.69) is 9.88 Å². The number of methoxy groups -OCH3 is 2. The fourth-order valence-electron chi connectivity index (χ4n) is 7.56. The third kappa shape index (κ3) is 5.46. The van der Waals surface area contributed by atoms with Crippen LogP contribution < -0.4 is 15.8 Å². The number of nitrogens with one attached hydrogen (secondary N) is 1. The van der Waals surface area contributed by atoms with Crippen LogP contribution in [0.3, 0.4) is 0 Å². The van der Waals surface area contributed by atoms with Gasteiger partial charge >= 0.3 is 6.09 Å². The topological polar surface area (TPSA) is 130 Å². The van der Waals surface area contributed by atoms with Gasteiger partial charge in [0.05, 0.1) is 54.7 Å². The summed E-state index contributed by atoms with van der Waals surface area (Å²) in [6, 6.07) is 16.9. The molecule has 2 saturated carbocycles. The van der Waals surface area contributed by atoms with E-state index in [-0.39, 0.29) is 18.0 Å². The Morgan fingerprint density at radius 2 is 1.78 bits per heavy atom. The molecule has 2 aromatic carbocycles. The molecule has 3 N–H and O–H groups in total. The molecule has 3 atom stereocenters. The van der Waals surface area contributed by atoms with Crippen LogP contribution >= 0.6 is 0 Å². The fourth-order valence-corrected chi connectivity index (χ4v) is 7.56. The van der Waals surface area contributed by atoms with Crippen LogP contribution in [0, 0.1) is 11.8 Å². The maximum absolute atomic E-state index is 13.9. The Labute approximate surface area is 287 Å². The van der Waals surface area contributed by atoms with Crippen LogP contribution in [0.5, 0.6) is 5.75 Å². The molecule has 11 nitrogen and oxygen atoms in total. The van der Waals surface area contributed by atoms with Crippen molar-refractivity contribution >= 4 is 63.3 Å². The standard InChI is InChI=1S/C35H34B3N7O4/c1-48-28-15-22(33(46)44-17-21-8-12-26(44)29(21)39)13-25-30(28)45(35(36,37)38)32(42-25)27-14-20-7-11-24(41-31(20)43(27)16-18-3-4-18)19-5-9-23(10-6-19)40-34(47)49-2/h5-7,9-11,13-15,18,21,26,29H,3-4,8,12,16-17,39H2,1-2H3,(H,40,47). The van der Waals surface area contributed by atoms with Crippen molar-refractivity contribution in [3.05, 3.63) is 60.2 Å². The van der Waals surface area contributed by atoms with Gasteiger partial charge in [0.2, 0.25) is 0 Å². The minimum absolute atomic E-state index is 0.00169. The predicted octanol–water partition coefficient (Wildman–Crippen LogP) is 3.95. The van der Waals surface area contributed by atoms with Crippen LogP contribution in [0.15, 0.2) is 54.6 Å². The van der Waals surface area contributed by atoms with Gasteiger partial charge in [-0.05, 0) is 80.0 Å². The summed E-state index contributed by atoms with van der Waals surface area (Å²) in [6.45, 7) is 1.36. The number of nitrogens with zero attached hydrogens (tertiary/aromatic N) is 5. The molecule has 242 valence electrons. The first kappa shape index (κ1) is 31.6. The van der Waals surface area contributed by atoms with E-state index in [1.165, 1.54) is 14.2 Å². The zero-order valence-corrected chi connectivity index (χ0v) is 27.4. The Kier molecular flexibility index (Phi) is 7.55. The van der Waals surface area contributed by atoms with E-state index in [0.29, 0.717) is 58.8 Å². The number of aromatic nitrogens is 4. The molecule has 3 aliphatic rings. The number of fused-ring (bicyclic) bond motifs is 4. The summed E-state index contributed by atoms with van der Waals surface area (Å²) in [5.41, 5.74) is 11.6. The van der Waals surface area contributed by atoms with Gasteiger partial charge in [-0.15, -0.1) is 0 Å². The average molecular weight is 649 g/mol. The number of ether oxygens (including phenoxy) is 2. The zero-order chi connectivity index (χ0) is 34.2. The van der Waals surface area contributed by atoms with Gasteiger partial charge in [0.1, 0.15) is 16.9 Å². The highest BCUT2D eigenvalue weighted by atomic mass is 16.5. The SMILES string of the molecule is [B]C([B])([B])n1c(-c2cc3ccc(-c4ccc(NC(=O)OC)cc4)nc3n2CC2CC2)nc2cc(C(=O)N3CC4CCC3C4N)cc(OC)c21. The molecule has 0 spiro atoms. The van der Waals surface area contributed by atoms with E-state index in [9.17, 15) is 9.59 Å². The smallest absolute Gasteiger partial charge is 0.411 e. The summed E-state index contributed by atoms with van der Waals surface area (Å²) in [7, 11) is 22.3. The van der Waals surface area contributed by atoms with Crippen LogP contribution in [0.4, 0.5) is 10.5 Å². The highest BCUT2D eigenvalue weighted by Crippen LogP contribution is 2.41. The number of carbonyl (C=O) groups excluding carboxylic acids is 2. The van der Waals surface area contributed by atoms with Crippen molar-refractivity contribution in [3.63, 3.8) is 0 Å². The molecule has 49 heavy (non-hydrogen) atoms. The second kappa shape index (κ2) is 11.7. The minimum atomic E-state index is -1.86. The summed E-state index contributed by atoms with van der Waals surface area (Å²) in [5, 5.41) is 1.71. The number of hydrogen-bond acceptors (Lipinski definition) is 7. The summed E-state index contributed by atoms with van der Waals surface area (Å²) >= 11 is 0. The van der Waals surface area contributed by atoms with E-state index in [1.807, 2.05) is 35.2 Å². The molecule has 3 fully saturated rings. The molecule has 2 aliphatic carbocycles. The van der Waals surface area contributed by atoms with Crippen molar-refractivity contribution in [1.82, 2.24) is 24.0 Å². The summed E-state index contributed by atoms with van der Waals surface area (Å²) in [6.07, 6.45) is 3.64. The predicted molar refractivity (Wildman–Crippen MR) is 190 cm³/mol. The molecular weight excluding hydrogens is 615 g/mol. The quantitative estimate of drug-likeness (QED) is 0.244. The second-order valence-electron chi connectivity index (χ2n) is 13.5. The molecular formula is C35H34B3N7O4. The number of hydrogen-bond donors (Lipinski definition) is 2. The van der Waals surface area contributed by atoms with E-state index in [4.69, 9.17) is 48.7 Å². The van der Waals surface area contributed by atoms with Crippen LogP contribution in [0.2, 0.25) is 0 Å². The van der Waals surface area contributed by atoms with Crippen molar-refractivity contribution in [1.29, 1.82) is 0 Å². The summed E-state index contributed by atoms with van der Waals surface area (Å²) < 4.78 is 14.3. The lowest BCUT2D eigenvalue weighted by Crippen LogP contribution is -2.41. The Balaban J connectivity index is 1.25. The molecule has 2 bridgehead atoms. The molecule has 1 aliphatic heterocycles. The van der Waals surface area contributed by atoms with E-state index in [1.54, 1.807) is 28.8 Å². The molecule has 8 rings (SSSR count). The van der Waals surface area contributed by atoms with Gasteiger partial charge in [0.25, 0.3) is 5.91 Å². The molecule has 3 aromatic heterocycles. The number of benzene rings is 2. The number of rotatable bonds is 8. The molecule has 6 radical (unpaired) electrons. The highest BCUT2D eigenvalue weighted by molar-refractivity contribution is 6.57. The zero-order valence-electron chi connectivity index (χ0n) is 27.4. The van der Waals surface area contributed by atoms with Gasteiger partial charge < -0.3 is 29.2 Å². The van der Waals surface area contributed by atoms with E-state index >= 15 is 0 Å². The van der Waals surface area contributed by atoms with Gasteiger partial charge in [-0.2, -0.15) is 0 Å². The summed E-state index contributed by atoms with van der Waals surface area (Å²) in [5.74, 6) is 1.52. The molecule has 14 heteroatoms. The van der Waals surface area contributed by atoms with Crippen LogP contribution in [0.25, 0.3) is 44.8 Å². The molecule has 5 aromatic rings. The number of piperidine rings is 1. The van der Waals surface area contributed by atoms with Crippen molar-refractivity contribution in [2.24, 2.45) is 17.6 Å². The van der Waals surface area contributed by atoms with Crippen molar-refractivity contribution in [3.8, 4) is 28.5 Å². The Morgan fingerprint density at radius 1 is 1.00 bits per heavy atom. The lowest BCUT2D eigenvalue weighted by Gasteiger charge is -2.28. The number of pyridine rings is 1. The van der Waals surface area contributed by atoms with E-state index < -0.39 is 11.3 Å². The third-order valence-electron chi connectivity index (χ3n) is 10.2. The molecule has 2 amide bonds. The molecule has 1 saturated heterocycles. The molecule has 4 heterocycles. The monoisotopic (exact) mass is 649 g/mol. The first-order chi connectivity index (χ1) is 23.5. The largest absolute Gasteiger partial charge is 0.494 e. The summed E-state index contributed by atoms with van der Waals surface area (Å²) in [4.78, 5) is 37.5. The Morgan fingerprint density at radius 3 is 2.41 bits per heavy atom. The van der Waals surface area contributed by atoms with Crippen LogP contribution in [-0.4, -0.2) is 92.4 Å². The first-order valence-corrected chi connectivity index (χ1v) is 16.5. The molecule has 3 unspecified atom stereocenters. The first-order valence-electron chi connectivity index (χ1n) is 16.5. The van der Waals surface area contributed by atoms with Gasteiger partial charge in [0.15, 0.2) is 5.82 Å². The number of likely N-dealkylation sites (tertiary alicyclic amines) is 1. The number of amides is 2. The fraction of sp³-hybridized carbons (Fsp3) is 0.371. The maximum Gasteiger partial charge on any atom is 0.411 e. The van der Waals surface area contributed by atoms with Gasteiger partial charge in [-0.3, -0.25) is 10.1 Å². The highest BCUT2D eigenvalue weighted by Gasteiger charge is 2.47. The lowest BCUT2D eigenvalue weighted by molar-refractivity contribution is 0.0700. The van der Waals surface area contributed by atoms with Crippen molar-refractivity contribution in [2.45, 2.75) is 49.5 Å². The minimum Gasteiger partial charge on any atom is -0.494 e. The normalized spacial score (nSPS) is 20.3. The number of nitrogens with two attached hydrogens (primary N) is 1. The second-order valence-corrected chi connectivity index (χ2v) is 13.5. The average Bonchev–Trinajstić information content (AvgIpc) is 3.41. The van der Waals surface area contributed by atoms with E-state index in [0.717, 1.165) is 53.7 Å². The van der Waals surface area contributed by atoms with Gasteiger partial charge in [-0.25, -0.2) is 14.8 Å². The maximum atomic E-state index is 13.9. The number of anilines is 1. The third-order valence-corrected chi connectivity index (χ3v) is 10.2. The number of carbonyl (C=O) groups is 2. The van der Waals surface area contributed by atoms with Crippen molar-refractivity contribution < 1.29 is 19.1 Å².